The van der Waals surface area contributed by atoms with Gasteiger partial charge in [0.25, 0.3) is 0 Å². The standard InChI is InChI=1S/C11H15Cl2NS/c1-15-5-4-9(14)6-8-2-3-10(12)11(13)7-8/h2-3,7,9H,4-6,14H2,1H3. The van der Waals surface area contributed by atoms with E-state index in [0.717, 1.165) is 24.2 Å². The van der Waals surface area contributed by atoms with Gasteiger partial charge < -0.3 is 5.73 Å². The summed E-state index contributed by atoms with van der Waals surface area (Å²) < 4.78 is 0. The van der Waals surface area contributed by atoms with Crippen LogP contribution in [0.3, 0.4) is 0 Å². The molecule has 0 bridgehead atoms. The van der Waals surface area contributed by atoms with Crippen LogP contribution in [0.2, 0.25) is 10.0 Å². The molecule has 0 saturated heterocycles. The number of hydrogen-bond donors (Lipinski definition) is 1. The van der Waals surface area contributed by atoms with Crippen LogP contribution in [0.4, 0.5) is 0 Å². The Bertz CT molecular complexity index is 317. The monoisotopic (exact) mass is 263 g/mol. The molecule has 4 heteroatoms. The topological polar surface area (TPSA) is 26.0 Å². The van der Waals surface area contributed by atoms with Crippen molar-refractivity contribution in [1.82, 2.24) is 0 Å². The summed E-state index contributed by atoms with van der Waals surface area (Å²) >= 11 is 13.6. The molecule has 1 nitrogen and oxygen atoms in total. The first-order chi connectivity index (χ1) is 7.13. The van der Waals surface area contributed by atoms with Crippen molar-refractivity contribution in [1.29, 1.82) is 0 Å². The predicted molar refractivity (Wildman–Crippen MR) is 71.1 cm³/mol. The molecule has 0 aliphatic carbocycles. The Kier molecular flexibility index (Phi) is 5.83. The van der Waals surface area contributed by atoms with Crippen LogP contribution < -0.4 is 5.73 Å². The van der Waals surface area contributed by atoms with Crippen molar-refractivity contribution in [2.75, 3.05) is 12.0 Å². The molecule has 1 atom stereocenters. The maximum Gasteiger partial charge on any atom is 0.0595 e. The third-order valence-electron chi connectivity index (χ3n) is 2.17. The molecule has 1 aromatic carbocycles. The average molecular weight is 264 g/mol. The van der Waals surface area contributed by atoms with Crippen LogP contribution in [-0.2, 0) is 6.42 Å². The van der Waals surface area contributed by atoms with Gasteiger partial charge in [0.2, 0.25) is 0 Å². The number of hydrogen-bond acceptors (Lipinski definition) is 2. The van der Waals surface area contributed by atoms with Gasteiger partial charge in [0, 0.05) is 6.04 Å². The predicted octanol–water partition coefficient (Wildman–Crippen LogP) is 3.62. The van der Waals surface area contributed by atoms with E-state index in [1.165, 1.54) is 0 Å². The first-order valence-electron chi connectivity index (χ1n) is 4.82. The third-order valence-corrected chi connectivity index (χ3v) is 3.56. The van der Waals surface area contributed by atoms with Crippen molar-refractivity contribution in [2.24, 2.45) is 5.73 Å². The van der Waals surface area contributed by atoms with Gasteiger partial charge in [0.15, 0.2) is 0 Å². The highest BCUT2D eigenvalue weighted by molar-refractivity contribution is 7.98. The quantitative estimate of drug-likeness (QED) is 0.879. The summed E-state index contributed by atoms with van der Waals surface area (Å²) in [6.07, 6.45) is 3.98. The van der Waals surface area contributed by atoms with E-state index in [0.29, 0.717) is 10.0 Å². The second kappa shape index (κ2) is 6.64. The van der Waals surface area contributed by atoms with Crippen LogP contribution in [0, 0.1) is 0 Å². The van der Waals surface area contributed by atoms with Gasteiger partial charge in [-0.2, -0.15) is 11.8 Å². The molecule has 1 unspecified atom stereocenters. The van der Waals surface area contributed by atoms with Crippen LogP contribution >= 0.6 is 35.0 Å². The van der Waals surface area contributed by atoms with Gasteiger partial charge in [0.05, 0.1) is 10.0 Å². The van der Waals surface area contributed by atoms with E-state index < -0.39 is 0 Å². The highest BCUT2D eigenvalue weighted by Gasteiger charge is 2.05. The van der Waals surface area contributed by atoms with E-state index >= 15 is 0 Å². The molecule has 0 amide bonds. The lowest BCUT2D eigenvalue weighted by Crippen LogP contribution is -2.23. The van der Waals surface area contributed by atoms with Gasteiger partial charge >= 0.3 is 0 Å². The molecule has 15 heavy (non-hydrogen) atoms. The van der Waals surface area contributed by atoms with Crippen molar-refractivity contribution >= 4 is 35.0 Å². The SMILES string of the molecule is CSCCC(N)Cc1ccc(Cl)c(Cl)c1. The molecule has 1 rings (SSSR count). The molecule has 0 heterocycles. The van der Waals surface area contributed by atoms with Crippen molar-refractivity contribution in [3.63, 3.8) is 0 Å². The van der Waals surface area contributed by atoms with Gasteiger partial charge in [-0.1, -0.05) is 29.3 Å². The Hall–Kier alpha value is 0.110. The zero-order valence-corrected chi connectivity index (χ0v) is 11.0. The van der Waals surface area contributed by atoms with Gasteiger partial charge in [-0.25, -0.2) is 0 Å². The Labute approximate surface area is 105 Å². The van der Waals surface area contributed by atoms with Crippen molar-refractivity contribution < 1.29 is 0 Å². The molecule has 0 fully saturated rings. The second-order valence-electron chi connectivity index (χ2n) is 3.49. The smallest absolute Gasteiger partial charge is 0.0595 e. The number of halogens is 2. The molecule has 0 spiro atoms. The summed E-state index contributed by atoms with van der Waals surface area (Å²) in [5, 5.41) is 1.20. The van der Waals surface area contributed by atoms with Gasteiger partial charge in [-0.05, 0) is 42.5 Å². The molecule has 0 aliphatic rings. The van der Waals surface area contributed by atoms with Crippen molar-refractivity contribution in [2.45, 2.75) is 18.9 Å². The summed E-state index contributed by atoms with van der Waals surface area (Å²) in [5.41, 5.74) is 7.14. The molecule has 1 aromatic rings. The first kappa shape index (κ1) is 13.2. The molecule has 0 radical (unpaired) electrons. The van der Waals surface area contributed by atoms with Crippen molar-refractivity contribution in [3.8, 4) is 0 Å². The largest absolute Gasteiger partial charge is 0.327 e. The lowest BCUT2D eigenvalue weighted by Gasteiger charge is -2.11. The summed E-state index contributed by atoms with van der Waals surface area (Å²) in [6, 6.07) is 5.89. The summed E-state index contributed by atoms with van der Waals surface area (Å²) in [5.74, 6) is 1.10. The minimum Gasteiger partial charge on any atom is -0.327 e. The molecular formula is C11H15Cl2NS. The third kappa shape index (κ3) is 4.64. The maximum atomic E-state index is 5.99. The first-order valence-corrected chi connectivity index (χ1v) is 6.97. The van der Waals surface area contributed by atoms with Crippen LogP contribution in [0.5, 0.6) is 0 Å². The number of benzene rings is 1. The Balaban J connectivity index is 2.53. The second-order valence-corrected chi connectivity index (χ2v) is 5.29. The van der Waals surface area contributed by atoms with E-state index in [4.69, 9.17) is 28.9 Å². The maximum absolute atomic E-state index is 5.99. The average Bonchev–Trinajstić information content (AvgIpc) is 2.20. The van der Waals surface area contributed by atoms with Crippen LogP contribution in [0.1, 0.15) is 12.0 Å². The van der Waals surface area contributed by atoms with Crippen LogP contribution in [-0.4, -0.2) is 18.1 Å². The fourth-order valence-electron chi connectivity index (χ4n) is 1.34. The summed E-state index contributed by atoms with van der Waals surface area (Å²) in [6.45, 7) is 0. The van der Waals surface area contributed by atoms with Gasteiger partial charge in [0.1, 0.15) is 0 Å². The zero-order chi connectivity index (χ0) is 11.3. The Morgan fingerprint density at radius 1 is 1.33 bits per heavy atom. The van der Waals surface area contributed by atoms with Crippen molar-refractivity contribution in [3.05, 3.63) is 33.8 Å². The number of rotatable bonds is 5. The fourth-order valence-corrected chi connectivity index (χ4v) is 2.20. The number of thioether (sulfide) groups is 1. The minimum atomic E-state index is 0.203. The molecule has 0 aliphatic heterocycles. The molecule has 0 saturated carbocycles. The van der Waals surface area contributed by atoms with Crippen LogP contribution in [0.25, 0.3) is 0 Å². The summed E-state index contributed by atoms with van der Waals surface area (Å²) in [7, 11) is 0. The molecule has 84 valence electrons. The van der Waals surface area contributed by atoms with E-state index in [9.17, 15) is 0 Å². The summed E-state index contributed by atoms with van der Waals surface area (Å²) in [4.78, 5) is 0. The van der Waals surface area contributed by atoms with E-state index in [1.807, 2.05) is 30.0 Å². The highest BCUT2D eigenvalue weighted by Crippen LogP contribution is 2.23. The van der Waals surface area contributed by atoms with E-state index in [-0.39, 0.29) is 6.04 Å². The van der Waals surface area contributed by atoms with Gasteiger partial charge in [-0.15, -0.1) is 0 Å². The van der Waals surface area contributed by atoms with Gasteiger partial charge in [-0.3, -0.25) is 0 Å². The molecule has 0 aromatic heterocycles. The highest BCUT2D eigenvalue weighted by atomic mass is 35.5. The van der Waals surface area contributed by atoms with E-state index in [2.05, 4.69) is 6.26 Å². The zero-order valence-electron chi connectivity index (χ0n) is 8.67. The normalized spacial score (nSPS) is 12.8. The Morgan fingerprint density at radius 3 is 2.67 bits per heavy atom. The fraction of sp³-hybridized carbons (Fsp3) is 0.455. The van der Waals surface area contributed by atoms with Crippen LogP contribution in [0.15, 0.2) is 18.2 Å². The Morgan fingerprint density at radius 2 is 2.07 bits per heavy atom. The lowest BCUT2D eigenvalue weighted by atomic mass is 10.1. The van der Waals surface area contributed by atoms with E-state index in [1.54, 1.807) is 0 Å². The minimum absolute atomic E-state index is 0.203. The lowest BCUT2D eigenvalue weighted by molar-refractivity contribution is 0.652. The molecule has 2 N–H and O–H groups in total. The molecular weight excluding hydrogens is 249 g/mol. The number of nitrogens with two attached hydrogens (primary N) is 1.